The van der Waals surface area contributed by atoms with Gasteiger partial charge in [-0.3, -0.25) is 14.5 Å². The summed E-state index contributed by atoms with van der Waals surface area (Å²) in [7, 11) is 0. The van der Waals surface area contributed by atoms with Crippen molar-refractivity contribution >= 4 is 11.8 Å². The van der Waals surface area contributed by atoms with E-state index in [9.17, 15) is 9.59 Å². The molecule has 6 nitrogen and oxygen atoms in total. The summed E-state index contributed by atoms with van der Waals surface area (Å²) in [5.74, 6) is 1.22. The maximum absolute atomic E-state index is 12.8. The Labute approximate surface area is 161 Å². The number of likely N-dealkylation sites (tertiary alicyclic amines) is 1. The first-order valence-electron chi connectivity index (χ1n) is 10.2. The van der Waals surface area contributed by atoms with E-state index >= 15 is 0 Å². The number of carbonyl (C=O) groups is 2. The van der Waals surface area contributed by atoms with Crippen molar-refractivity contribution in [2.45, 2.75) is 38.6 Å². The first-order chi connectivity index (χ1) is 13.1. The molecule has 4 rings (SSSR count). The lowest BCUT2D eigenvalue weighted by Crippen LogP contribution is -2.53. The molecule has 0 N–H and O–H groups in total. The maximum atomic E-state index is 12.8. The Bertz CT molecular complexity index is 713. The summed E-state index contributed by atoms with van der Waals surface area (Å²) < 4.78 is 5.52. The van der Waals surface area contributed by atoms with Gasteiger partial charge in [-0.15, -0.1) is 0 Å². The number of amides is 2. The Morgan fingerprint density at radius 3 is 2.70 bits per heavy atom. The maximum Gasteiger partial charge on any atom is 0.253 e. The van der Waals surface area contributed by atoms with E-state index in [-0.39, 0.29) is 11.8 Å². The van der Waals surface area contributed by atoms with Crippen molar-refractivity contribution in [2.24, 2.45) is 0 Å². The first kappa shape index (κ1) is 18.3. The lowest BCUT2D eigenvalue weighted by molar-refractivity contribution is -0.136. The number of benzene rings is 1. The highest BCUT2D eigenvalue weighted by Gasteiger charge is 2.28. The van der Waals surface area contributed by atoms with Crippen LogP contribution in [-0.4, -0.2) is 78.4 Å². The predicted molar refractivity (Wildman–Crippen MR) is 103 cm³/mol. The summed E-state index contributed by atoms with van der Waals surface area (Å²) in [4.78, 5) is 31.5. The molecule has 1 atom stereocenters. The van der Waals surface area contributed by atoms with Crippen LogP contribution >= 0.6 is 0 Å². The molecule has 2 saturated heterocycles. The van der Waals surface area contributed by atoms with E-state index in [2.05, 4.69) is 11.8 Å². The summed E-state index contributed by atoms with van der Waals surface area (Å²) in [5, 5.41) is 0. The molecule has 1 unspecified atom stereocenters. The van der Waals surface area contributed by atoms with Gasteiger partial charge in [-0.1, -0.05) is 0 Å². The normalized spacial score (nSPS) is 23.1. The van der Waals surface area contributed by atoms with E-state index in [1.165, 1.54) is 6.42 Å². The molecule has 1 aromatic rings. The number of hydrogen-bond acceptors (Lipinski definition) is 4. The van der Waals surface area contributed by atoms with Crippen molar-refractivity contribution in [3.05, 3.63) is 29.3 Å². The minimum absolute atomic E-state index is 0.0836. The second-order valence-electron chi connectivity index (χ2n) is 7.92. The smallest absolute Gasteiger partial charge is 0.253 e. The average Bonchev–Trinajstić information content (AvgIpc) is 3.16. The van der Waals surface area contributed by atoms with Crippen LogP contribution in [0.3, 0.4) is 0 Å². The third kappa shape index (κ3) is 3.95. The van der Waals surface area contributed by atoms with Gasteiger partial charge < -0.3 is 14.5 Å². The van der Waals surface area contributed by atoms with E-state index in [0.29, 0.717) is 32.3 Å². The molecule has 1 aromatic carbocycles. The van der Waals surface area contributed by atoms with Gasteiger partial charge in [0.25, 0.3) is 5.91 Å². The van der Waals surface area contributed by atoms with Gasteiger partial charge >= 0.3 is 0 Å². The zero-order valence-corrected chi connectivity index (χ0v) is 16.2. The van der Waals surface area contributed by atoms with Crippen LogP contribution in [-0.2, 0) is 11.2 Å². The molecule has 2 amide bonds. The van der Waals surface area contributed by atoms with E-state index in [1.54, 1.807) is 0 Å². The topological polar surface area (TPSA) is 53.1 Å². The fraction of sp³-hybridized carbons (Fsp3) is 0.619. The van der Waals surface area contributed by atoms with Crippen LogP contribution in [0.4, 0.5) is 0 Å². The molecule has 0 aromatic heterocycles. The van der Waals surface area contributed by atoms with Crippen LogP contribution in [0.15, 0.2) is 18.2 Å². The lowest BCUT2D eigenvalue weighted by atomic mass is 10.0. The zero-order chi connectivity index (χ0) is 18.8. The second-order valence-corrected chi connectivity index (χ2v) is 7.92. The summed E-state index contributed by atoms with van der Waals surface area (Å²) in [5.41, 5.74) is 1.87. The number of nitrogens with zero attached hydrogens (tertiary/aromatic N) is 3. The van der Waals surface area contributed by atoms with Gasteiger partial charge in [0.05, 0.1) is 13.2 Å². The van der Waals surface area contributed by atoms with Crippen LogP contribution in [0.25, 0.3) is 0 Å². The molecular weight excluding hydrogens is 342 g/mol. The molecule has 2 fully saturated rings. The predicted octanol–water partition coefficient (Wildman–Crippen LogP) is 1.78. The van der Waals surface area contributed by atoms with Gasteiger partial charge in [0.15, 0.2) is 0 Å². The van der Waals surface area contributed by atoms with Crippen molar-refractivity contribution in [3.8, 4) is 5.75 Å². The van der Waals surface area contributed by atoms with Gasteiger partial charge in [0.1, 0.15) is 5.75 Å². The quantitative estimate of drug-likeness (QED) is 0.813. The minimum Gasteiger partial charge on any atom is -0.493 e. The number of piperidine rings is 1. The highest BCUT2D eigenvalue weighted by molar-refractivity contribution is 5.94. The molecule has 0 bridgehead atoms. The Hall–Kier alpha value is -2.08. The molecule has 6 heteroatoms. The van der Waals surface area contributed by atoms with Crippen LogP contribution in [0.1, 0.15) is 42.1 Å². The molecule has 0 spiro atoms. The minimum atomic E-state index is 0.0836. The van der Waals surface area contributed by atoms with Crippen molar-refractivity contribution in [3.63, 3.8) is 0 Å². The second kappa shape index (κ2) is 7.89. The number of hydrogen-bond donors (Lipinski definition) is 0. The molecule has 3 aliphatic heterocycles. The number of rotatable bonds is 3. The molecule has 3 heterocycles. The lowest BCUT2D eigenvalue weighted by Gasteiger charge is -2.38. The van der Waals surface area contributed by atoms with Crippen molar-refractivity contribution in [1.82, 2.24) is 14.7 Å². The van der Waals surface area contributed by atoms with Gasteiger partial charge in [-0.25, -0.2) is 0 Å². The number of ether oxygens (including phenoxy) is 1. The average molecular weight is 371 g/mol. The SMILES string of the molecule is CC1CCCCN1C(=O)CN1CCN(C(=O)c2ccc3c(c2)CCO3)CC1. The third-order valence-electron chi connectivity index (χ3n) is 6.08. The van der Waals surface area contributed by atoms with Gasteiger partial charge in [-0.05, 0) is 49.9 Å². The Kier molecular flexibility index (Phi) is 5.34. The summed E-state index contributed by atoms with van der Waals surface area (Å²) >= 11 is 0. The summed E-state index contributed by atoms with van der Waals surface area (Å²) in [6.07, 6.45) is 4.33. The summed E-state index contributed by atoms with van der Waals surface area (Å²) in [6, 6.07) is 6.10. The highest BCUT2D eigenvalue weighted by atomic mass is 16.5. The van der Waals surface area contributed by atoms with Gasteiger partial charge in [-0.2, -0.15) is 0 Å². The Morgan fingerprint density at radius 1 is 1.11 bits per heavy atom. The van der Waals surface area contributed by atoms with Crippen molar-refractivity contribution in [2.75, 3.05) is 45.9 Å². The van der Waals surface area contributed by atoms with Crippen LogP contribution in [0.5, 0.6) is 5.75 Å². The fourth-order valence-electron chi connectivity index (χ4n) is 4.36. The zero-order valence-electron chi connectivity index (χ0n) is 16.2. The molecular formula is C21H29N3O3. The van der Waals surface area contributed by atoms with E-state index in [4.69, 9.17) is 4.74 Å². The van der Waals surface area contributed by atoms with Crippen molar-refractivity contribution < 1.29 is 14.3 Å². The molecule has 0 saturated carbocycles. The van der Waals surface area contributed by atoms with Crippen LogP contribution in [0, 0.1) is 0 Å². The van der Waals surface area contributed by atoms with E-state index < -0.39 is 0 Å². The molecule has 0 radical (unpaired) electrons. The molecule has 3 aliphatic rings. The van der Waals surface area contributed by atoms with Crippen molar-refractivity contribution in [1.29, 1.82) is 0 Å². The first-order valence-corrected chi connectivity index (χ1v) is 10.2. The van der Waals surface area contributed by atoms with E-state index in [1.807, 2.05) is 28.0 Å². The highest BCUT2D eigenvalue weighted by Crippen LogP contribution is 2.26. The van der Waals surface area contributed by atoms with E-state index in [0.717, 1.165) is 55.8 Å². The monoisotopic (exact) mass is 371 g/mol. The summed E-state index contributed by atoms with van der Waals surface area (Å²) in [6.45, 7) is 7.08. The molecule has 0 aliphatic carbocycles. The van der Waals surface area contributed by atoms with Crippen LogP contribution in [0.2, 0.25) is 0 Å². The fourth-order valence-corrected chi connectivity index (χ4v) is 4.36. The van der Waals surface area contributed by atoms with Crippen LogP contribution < -0.4 is 4.74 Å². The Balaban J connectivity index is 1.29. The van der Waals surface area contributed by atoms with Gasteiger partial charge in [0, 0.05) is 50.7 Å². The third-order valence-corrected chi connectivity index (χ3v) is 6.08. The molecule has 146 valence electrons. The van der Waals surface area contributed by atoms with Gasteiger partial charge in [0.2, 0.25) is 5.91 Å². The number of fused-ring (bicyclic) bond motifs is 1. The standard InChI is InChI=1S/C21H29N3O3/c1-16-4-2-3-8-24(16)20(25)15-22-9-11-23(12-10-22)21(26)18-5-6-19-17(14-18)7-13-27-19/h5-6,14,16H,2-4,7-13,15H2,1H3. The molecule has 27 heavy (non-hydrogen) atoms. The largest absolute Gasteiger partial charge is 0.493 e. The number of carbonyl (C=O) groups excluding carboxylic acids is 2. The number of piperazine rings is 1. The Morgan fingerprint density at radius 2 is 1.93 bits per heavy atom.